The van der Waals surface area contributed by atoms with Gasteiger partial charge in [-0.25, -0.2) is 4.68 Å². The minimum atomic E-state index is -0.0459. The van der Waals surface area contributed by atoms with E-state index in [0.717, 1.165) is 20.8 Å². The van der Waals surface area contributed by atoms with E-state index < -0.39 is 0 Å². The zero-order valence-electron chi connectivity index (χ0n) is 13.9. The first-order valence-corrected chi connectivity index (χ1v) is 9.87. The fourth-order valence-corrected chi connectivity index (χ4v) is 4.39. The molecule has 2 aromatic carbocycles. The van der Waals surface area contributed by atoms with Crippen molar-refractivity contribution in [2.24, 2.45) is 0 Å². The SMILES string of the molecule is O=C(Cc1cccc2ccccc12)Nc1ccnn1Cc1cc(Br)cs1. The second kappa shape index (κ2) is 7.43. The quantitative estimate of drug-likeness (QED) is 0.483. The molecule has 130 valence electrons. The molecule has 1 amide bonds. The summed E-state index contributed by atoms with van der Waals surface area (Å²) >= 11 is 5.12. The molecule has 1 N–H and O–H groups in total. The van der Waals surface area contributed by atoms with Gasteiger partial charge in [0.15, 0.2) is 0 Å². The lowest BCUT2D eigenvalue weighted by atomic mass is 10.0. The summed E-state index contributed by atoms with van der Waals surface area (Å²) in [5.41, 5.74) is 1.02. The molecule has 0 bridgehead atoms. The third-order valence-electron chi connectivity index (χ3n) is 4.14. The van der Waals surface area contributed by atoms with Crippen molar-refractivity contribution in [3.05, 3.63) is 81.1 Å². The molecule has 0 saturated heterocycles. The number of amides is 1. The summed E-state index contributed by atoms with van der Waals surface area (Å²) in [7, 11) is 0. The Bertz CT molecular complexity index is 1060. The van der Waals surface area contributed by atoms with Crippen LogP contribution in [0.25, 0.3) is 10.8 Å². The lowest BCUT2D eigenvalue weighted by Crippen LogP contribution is -2.18. The van der Waals surface area contributed by atoms with Crippen LogP contribution in [0.3, 0.4) is 0 Å². The van der Waals surface area contributed by atoms with Gasteiger partial charge in [0.2, 0.25) is 5.91 Å². The number of hydrogen-bond acceptors (Lipinski definition) is 3. The molecule has 2 heterocycles. The maximum atomic E-state index is 12.6. The predicted octanol–water partition coefficient (Wildman–Crippen LogP) is 5.09. The van der Waals surface area contributed by atoms with Gasteiger partial charge in [-0.2, -0.15) is 5.10 Å². The van der Waals surface area contributed by atoms with Crippen molar-refractivity contribution in [1.29, 1.82) is 0 Å². The number of rotatable bonds is 5. The largest absolute Gasteiger partial charge is 0.311 e. The molecule has 4 aromatic rings. The average Bonchev–Trinajstić information content (AvgIpc) is 3.24. The summed E-state index contributed by atoms with van der Waals surface area (Å²) in [6.07, 6.45) is 2.03. The average molecular weight is 426 g/mol. The highest BCUT2D eigenvalue weighted by Gasteiger charge is 2.11. The molecule has 0 spiro atoms. The van der Waals surface area contributed by atoms with Crippen LogP contribution in [0.2, 0.25) is 0 Å². The van der Waals surface area contributed by atoms with E-state index in [1.54, 1.807) is 22.2 Å². The van der Waals surface area contributed by atoms with Gasteiger partial charge in [0, 0.05) is 20.8 Å². The molecule has 0 unspecified atom stereocenters. The zero-order chi connectivity index (χ0) is 17.9. The van der Waals surface area contributed by atoms with Crippen molar-refractivity contribution in [3.8, 4) is 0 Å². The summed E-state index contributed by atoms with van der Waals surface area (Å²) in [6.45, 7) is 0.632. The molecule has 0 aliphatic carbocycles. The molecule has 4 nitrogen and oxygen atoms in total. The Labute approximate surface area is 163 Å². The number of nitrogens with one attached hydrogen (secondary N) is 1. The van der Waals surface area contributed by atoms with E-state index >= 15 is 0 Å². The van der Waals surface area contributed by atoms with Crippen LogP contribution in [0.15, 0.2) is 70.6 Å². The molecule has 0 atom stereocenters. The highest BCUT2D eigenvalue weighted by molar-refractivity contribution is 9.10. The second-order valence-electron chi connectivity index (χ2n) is 5.97. The van der Waals surface area contributed by atoms with Crippen molar-refractivity contribution in [1.82, 2.24) is 9.78 Å². The maximum absolute atomic E-state index is 12.6. The fourth-order valence-electron chi connectivity index (χ4n) is 2.96. The lowest BCUT2D eigenvalue weighted by molar-refractivity contribution is -0.115. The zero-order valence-corrected chi connectivity index (χ0v) is 16.3. The minimum Gasteiger partial charge on any atom is -0.311 e. The van der Waals surface area contributed by atoms with Gasteiger partial charge >= 0.3 is 0 Å². The highest BCUT2D eigenvalue weighted by Crippen LogP contribution is 2.22. The van der Waals surface area contributed by atoms with Gasteiger partial charge < -0.3 is 5.32 Å². The standard InChI is InChI=1S/C20H16BrN3OS/c21-16-11-17(26-13-16)12-24-19(8-9-22-24)23-20(25)10-15-6-3-5-14-4-1-2-7-18(14)15/h1-9,11,13H,10,12H2,(H,23,25). The number of hydrogen-bond donors (Lipinski definition) is 1. The molecule has 0 aliphatic rings. The Morgan fingerprint density at radius 2 is 2.00 bits per heavy atom. The molecule has 0 saturated carbocycles. The van der Waals surface area contributed by atoms with Crippen molar-refractivity contribution in [2.75, 3.05) is 5.32 Å². The summed E-state index contributed by atoms with van der Waals surface area (Å²) in [4.78, 5) is 13.7. The first-order chi connectivity index (χ1) is 12.7. The summed E-state index contributed by atoms with van der Waals surface area (Å²) in [5, 5.41) is 11.6. The van der Waals surface area contributed by atoms with Crippen molar-refractivity contribution in [2.45, 2.75) is 13.0 Å². The molecule has 4 rings (SSSR count). The first-order valence-electron chi connectivity index (χ1n) is 8.20. The molecular formula is C20H16BrN3OS. The number of benzene rings is 2. The van der Waals surface area contributed by atoms with E-state index in [4.69, 9.17) is 0 Å². The van der Waals surface area contributed by atoms with Crippen LogP contribution in [0.1, 0.15) is 10.4 Å². The van der Waals surface area contributed by atoms with E-state index in [1.165, 1.54) is 4.88 Å². The van der Waals surface area contributed by atoms with E-state index in [9.17, 15) is 4.79 Å². The Morgan fingerprint density at radius 1 is 1.15 bits per heavy atom. The van der Waals surface area contributed by atoms with Crippen LogP contribution in [0, 0.1) is 0 Å². The first kappa shape index (κ1) is 17.0. The summed E-state index contributed by atoms with van der Waals surface area (Å²) in [6, 6.07) is 18.1. The number of thiophene rings is 1. The summed E-state index contributed by atoms with van der Waals surface area (Å²) in [5.74, 6) is 0.662. The van der Waals surface area contributed by atoms with Crippen molar-refractivity contribution < 1.29 is 4.79 Å². The molecule has 0 radical (unpaired) electrons. The van der Waals surface area contributed by atoms with Gasteiger partial charge in [-0.05, 0) is 38.3 Å². The van der Waals surface area contributed by atoms with Crippen molar-refractivity contribution in [3.63, 3.8) is 0 Å². The normalized spacial score (nSPS) is 11.0. The van der Waals surface area contributed by atoms with Gasteiger partial charge in [0.25, 0.3) is 0 Å². The Balaban J connectivity index is 1.49. The van der Waals surface area contributed by atoms with Crippen LogP contribution < -0.4 is 5.32 Å². The topological polar surface area (TPSA) is 46.9 Å². The smallest absolute Gasteiger partial charge is 0.229 e. The Hall–Kier alpha value is -2.44. The monoisotopic (exact) mass is 425 g/mol. The van der Waals surface area contributed by atoms with Crippen molar-refractivity contribution >= 4 is 49.8 Å². The van der Waals surface area contributed by atoms with E-state index in [1.807, 2.05) is 35.7 Å². The lowest BCUT2D eigenvalue weighted by Gasteiger charge is -2.10. The van der Waals surface area contributed by atoms with Gasteiger partial charge in [0.1, 0.15) is 5.82 Å². The molecule has 26 heavy (non-hydrogen) atoms. The van der Waals surface area contributed by atoms with Crippen LogP contribution in [0.5, 0.6) is 0 Å². The van der Waals surface area contributed by atoms with E-state index in [-0.39, 0.29) is 5.91 Å². The highest BCUT2D eigenvalue weighted by atomic mass is 79.9. The van der Waals surface area contributed by atoms with E-state index in [0.29, 0.717) is 18.8 Å². The third kappa shape index (κ3) is 3.71. The van der Waals surface area contributed by atoms with E-state index in [2.05, 4.69) is 50.6 Å². The van der Waals surface area contributed by atoms with Gasteiger partial charge in [-0.15, -0.1) is 11.3 Å². The molecule has 0 fully saturated rings. The molecule has 0 aliphatic heterocycles. The Kier molecular flexibility index (Phi) is 4.86. The number of aromatic nitrogens is 2. The molecule has 6 heteroatoms. The Morgan fingerprint density at radius 3 is 2.85 bits per heavy atom. The molecular weight excluding hydrogens is 410 g/mol. The summed E-state index contributed by atoms with van der Waals surface area (Å²) < 4.78 is 2.87. The van der Waals surface area contributed by atoms with Gasteiger partial charge in [-0.3, -0.25) is 4.79 Å². The van der Waals surface area contributed by atoms with Crippen LogP contribution in [-0.2, 0) is 17.8 Å². The number of halogens is 1. The second-order valence-corrected chi connectivity index (χ2v) is 7.88. The third-order valence-corrected chi connectivity index (χ3v) is 5.82. The fraction of sp³-hybridized carbons (Fsp3) is 0.100. The maximum Gasteiger partial charge on any atom is 0.229 e. The van der Waals surface area contributed by atoms with Crippen LogP contribution in [0.4, 0.5) is 5.82 Å². The predicted molar refractivity (Wildman–Crippen MR) is 110 cm³/mol. The number of nitrogens with zero attached hydrogens (tertiary/aromatic N) is 2. The van der Waals surface area contributed by atoms with Gasteiger partial charge in [-0.1, -0.05) is 42.5 Å². The van der Waals surface area contributed by atoms with Crippen LogP contribution in [-0.4, -0.2) is 15.7 Å². The van der Waals surface area contributed by atoms with Crippen LogP contribution >= 0.6 is 27.3 Å². The number of carbonyl (C=O) groups excluding carboxylic acids is 1. The molecule has 2 aromatic heterocycles. The number of fused-ring (bicyclic) bond motifs is 1. The number of anilines is 1. The van der Waals surface area contributed by atoms with Gasteiger partial charge in [0.05, 0.1) is 19.2 Å². The minimum absolute atomic E-state index is 0.0459. The number of carbonyl (C=O) groups is 1.